The predicted molar refractivity (Wildman–Crippen MR) is 68.9 cm³/mol. The minimum absolute atomic E-state index is 0.00361. The first kappa shape index (κ1) is 11.6. The molecule has 0 spiro atoms. The molecule has 0 aliphatic rings. The molecule has 3 aromatic heterocycles. The molecule has 0 fully saturated rings. The zero-order valence-electron chi connectivity index (χ0n) is 10.5. The molecule has 0 aliphatic carbocycles. The molecular formula is C13H13N5O. The van der Waals surface area contributed by atoms with Crippen molar-refractivity contribution in [2.24, 2.45) is 0 Å². The van der Waals surface area contributed by atoms with Gasteiger partial charge in [-0.1, -0.05) is 0 Å². The summed E-state index contributed by atoms with van der Waals surface area (Å²) < 4.78 is 3.61. The van der Waals surface area contributed by atoms with E-state index in [9.17, 15) is 4.79 Å². The van der Waals surface area contributed by atoms with Crippen LogP contribution < -0.4 is 0 Å². The lowest BCUT2D eigenvalue weighted by Gasteiger charge is -2.03. The van der Waals surface area contributed by atoms with E-state index < -0.39 is 0 Å². The molecule has 0 N–H and O–H groups in total. The third kappa shape index (κ3) is 2.01. The van der Waals surface area contributed by atoms with Gasteiger partial charge in [0.05, 0.1) is 29.9 Å². The predicted octanol–water partition coefficient (Wildman–Crippen LogP) is 1.37. The summed E-state index contributed by atoms with van der Waals surface area (Å²) >= 11 is 0. The summed E-state index contributed by atoms with van der Waals surface area (Å²) in [5.41, 5.74) is 1.31. The molecule has 0 saturated heterocycles. The van der Waals surface area contributed by atoms with E-state index >= 15 is 0 Å². The van der Waals surface area contributed by atoms with Gasteiger partial charge < -0.3 is 4.57 Å². The Balaban J connectivity index is 1.92. The van der Waals surface area contributed by atoms with E-state index in [2.05, 4.69) is 15.1 Å². The monoisotopic (exact) mass is 255 g/mol. The first-order chi connectivity index (χ1) is 9.29. The van der Waals surface area contributed by atoms with Crippen molar-refractivity contribution in [3.8, 4) is 0 Å². The van der Waals surface area contributed by atoms with Crippen molar-refractivity contribution >= 4 is 11.3 Å². The maximum atomic E-state index is 12.3. The summed E-state index contributed by atoms with van der Waals surface area (Å²) in [7, 11) is 0. The van der Waals surface area contributed by atoms with Gasteiger partial charge in [0, 0.05) is 31.3 Å². The molecule has 3 heterocycles. The second-order valence-electron chi connectivity index (χ2n) is 4.19. The highest BCUT2D eigenvalue weighted by Crippen LogP contribution is 2.12. The van der Waals surface area contributed by atoms with E-state index in [1.807, 2.05) is 17.7 Å². The van der Waals surface area contributed by atoms with E-state index in [0.29, 0.717) is 5.56 Å². The molecule has 3 rings (SSSR count). The molecule has 96 valence electrons. The standard InChI is InChI=1S/C13H13N5O/c1-2-17-5-4-15-13(17)7-12(19)10-8-16-18-6-3-14-9-11(10)18/h3-6,8-9H,2,7H2,1H3. The third-order valence-electron chi connectivity index (χ3n) is 3.09. The Bertz CT molecular complexity index is 727. The number of aryl methyl sites for hydroxylation is 1. The van der Waals surface area contributed by atoms with E-state index in [-0.39, 0.29) is 12.2 Å². The number of aromatic nitrogens is 5. The second kappa shape index (κ2) is 4.64. The molecule has 3 aromatic rings. The molecule has 0 atom stereocenters. The van der Waals surface area contributed by atoms with Crippen LogP contribution >= 0.6 is 0 Å². The number of hydrogen-bond donors (Lipinski definition) is 0. The van der Waals surface area contributed by atoms with Gasteiger partial charge in [0.1, 0.15) is 5.82 Å². The lowest BCUT2D eigenvalue weighted by molar-refractivity contribution is 0.0991. The van der Waals surface area contributed by atoms with Gasteiger partial charge in [-0.15, -0.1) is 0 Å². The minimum atomic E-state index is 0.00361. The number of imidazole rings is 1. The number of fused-ring (bicyclic) bond motifs is 1. The maximum absolute atomic E-state index is 12.3. The highest BCUT2D eigenvalue weighted by Gasteiger charge is 2.15. The number of nitrogens with zero attached hydrogens (tertiary/aromatic N) is 5. The Hall–Kier alpha value is -2.50. The first-order valence-corrected chi connectivity index (χ1v) is 6.10. The average Bonchev–Trinajstić information content (AvgIpc) is 3.04. The summed E-state index contributed by atoms with van der Waals surface area (Å²) in [6.45, 7) is 2.83. The summed E-state index contributed by atoms with van der Waals surface area (Å²) in [6.07, 6.45) is 10.4. The van der Waals surface area contributed by atoms with Crippen LogP contribution in [0.15, 0.2) is 37.2 Å². The van der Waals surface area contributed by atoms with Crippen molar-refractivity contribution in [3.63, 3.8) is 0 Å². The minimum Gasteiger partial charge on any atom is -0.335 e. The van der Waals surface area contributed by atoms with E-state index in [0.717, 1.165) is 17.9 Å². The van der Waals surface area contributed by atoms with E-state index in [4.69, 9.17) is 0 Å². The van der Waals surface area contributed by atoms with Crippen LogP contribution in [0.2, 0.25) is 0 Å². The topological polar surface area (TPSA) is 65.1 Å². The van der Waals surface area contributed by atoms with E-state index in [1.165, 1.54) is 0 Å². The Morgan fingerprint density at radius 3 is 3.00 bits per heavy atom. The van der Waals surface area contributed by atoms with Gasteiger partial charge in [-0.25, -0.2) is 9.50 Å². The van der Waals surface area contributed by atoms with Gasteiger partial charge in [-0.05, 0) is 6.92 Å². The van der Waals surface area contributed by atoms with Crippen LogP contribution in [0.4, 0.5) is 0 Å². The highest BCUT2D eigenvalue weighted by molar-refractivity contribution is 6.02. The Kier molecular flexibility index (Phi) is 2.83. The fraction of sp³-hybridized carbons (Fsp3) is 0.231. The molecule has 0 radical (unpaired) electrons. The van der Waals surface area contributed by atoms with Gasteiger partial charge in [0.25, 0.3) is 0 Å². The molecule has 0 bridgehead atoms. The first-order valence-electron chi connectivity index (χ1n) is 6.10. The molecule has 6 nitrogen and oxygen atoms in total. The molecule has 6 heteroatoms. The number of hydrogen-bond acceptors (Lipinski definition) is 4. The molecule has 0 unspecified atom stereocenters. The Labute approximate surface area is 109 Å². The fourth-order valence-electron chi connectivity index (χ4n) is 2.08. The van der Waals surface area contributed by atoms with Crippen LogP contribution in [0.3, 0.4) is 0 Å². The summed E-state index contributed by atoms with van der Waals surface area (Å²) in [5.74, 6) is 0.777. The highest BCUT2D eigenvalue weighted by atomic mass is 16.1. The summed E-state index contributed by atoms with van der Waals surface area (Å²) in [6, 6.07) is 0. The molecular weight excluding hydrogens is 242 g/mol. The van der Waals surface area contributed by atoms with Crippen LogP contribution in [-0.4, -0.2) is 29.9 Å². The number of Topliss-reactive ketones (excluding diaryl/α,β-unsaturated/α-hetero) is 1. The Morgan fingerprint density at radius 1 is 1.26 bits per heavy atom. The zero-order chi connectivity index (χ0) is 13.2. The van der Waals surface area contributed by atoms with Crippen molar-refractivity contribution in [1.29, 1.82) is 0 Å². The van der Waals surface area contributed by atoms with Crippen molar-refractivity contribution in [1.82, 2.24) is 24.1 Å². The van der Waals surface area contributed by atoms with Crippen LogP contribution in [0.25, 0.3) is 5.52 Å². The largest absolute Gasteiger partial charge is 0.335 e. The van der Waals surface area contributed by atoms with Crippen LogP contribution in [0.5, 0.6) is 0 Å². The van der Waals surface area contributed by atoms with Crippen molar-refractivity contribution in [2.75, 3.05) is 0 Å². The zero-order valence-corrected chi connectivity index (χ0v) is 10.5. The molecule has 0 aliphatic heterocycles. The Morgan fingerprint density at radius 2 is 2.16 bits per heavy atom. The average molecular weight is 255 g/mol. The number of rotatable bonds is 4. The van der Waals surface area contributed by atoms with Crippen LogP contribution in [0.1, 0.15) is 23.1 Å². The van der Waals surface area contributed by atoms with Gasteiger partial charge >= 0.3 is 0 Å². The molecule has 0 aromatic carbocycles. The van der Waals surface area contributed by atoms with Crippen molar-refractivity contribution in [2.45, 2.75) is 19.9 Å². The van der Waals surface area contributed by atoms with Gasteiger partial charge in [-0.3, -0.25) is 9.78 Å². The molecule has 0 saturated carbocycles. The summed E-state index contributed by atoms with van der Waals surface area (Å²) in [4.78, 5) is 20.6. The fourth-order valence-corrected chi connectivity index (χ4v) is 2.08. The van der Waals surface area contributed by atoms with E-state index in [1.54, 1.807) is 35.5 Å². The lowest BCUT2D eigenvalue weighted by Crippen LogP contribution is -2.09. The molecule has 19 heavy (non-hydrogen) atoms. The SMILES string of the molecule is CCn1ccnc1CC(=O)c1cnn2ccncc12. The van der Waals surface area contributed by atoms with Gasteiger partial charge in [-0.2, -0.15) is 5.10 Å². The van der Waals surface area contributed by atoms with Crippen LogP contribution in [-0.2, 0) is 13.0 Å². The van der Waals surface area contributed by atoms with Crippen LogP contribution in [0, 0.1) is 0 Å². The van der Waals surface area contributed by atoms with Crippen molar-refractivity contribution < 1.29 is 4.79 Å². The molecule has 0 amide bonds. The second-order valence-corrected chi connectivity index (χ2v) is 4.19. The smallest absolute Gasteiger partial charge is 0.174 e. The number of carbonyl (C=O) groups excluding carboxylic acids is 1. The van der Waals surface area contributed by atoms with Crippen molar-refractivity contribution in [3.05, 3.63) is 48.6 Å². The number of ketones is 1. The number of carbonyl (C=O) groups is 1. The normalized spacial score (nSPS) is 11.0. The third-order valence-corrected chi connectivity index (χ3v) is 3.09. The maximum Gasteiger partial charge on any atom is 0.174 e. The quantitative estimate of drug-likeness (QED) is 0.660. The van der Waals surface area contributed by atoms with Gasteiger partial charge in [0.2, 0.25) is 0 Å². The summed E-state index contributed by atoms with van der Waals surface area (Å²) in [5, 5.41) is 4.14. The van der Waals surface area contributed by atoms with Gasteiger partial charge in [0.15, 0.2) is 5.78 Å². The lowest BCUT2D eigenvalue weighted by atomic mass is 10.1.